The van der Waals surface area contributed by atoms with Gasteiger partial charge in [0.15, 0.2) is 5.78 Å². The van der Waals surface area contributed by atoms with Gasteiger partial charge in [-0.1, -0.05) is 25.7 Å². The van der Waals surface area contributed by atoms with E-state index in [4.69, 9.17) is 11.1 Å². The van der Waals surface area contributed by atoms with Crippen LogP contribution in [0.25, 0.3) is 0 Å². The van der Waals surface area contributed by atoms with Crippen molar-refractivity contribution in [3.8, 4) is 0 Å². The molecule has 0 radical (unpaired) electrons. The summed E-state index contributed by atoms with van der Waals surface area (Å²) in [5.41, 5.74) is 6.94. The lowest BCUT2D eigenvalue weighted by molar-refractivity contribution is -0.127. The van der Waals surface area contributed by atoms with E-state index in [2.05, 4.69) is 6.58 Å². The van der Waals surface area contributed by atoms with Crippen LogP contribution in [-0.2, 0) is 9.59 Å². The van der Waals surface area contributed by atoms with Crippen molar-refractivity contribution in [2.45, 2.75) is 34.1 Å². The van der Waals surface area contributed by atoms with Crippen molar-refractivity contribution < 1.29 is 9.59 Å². The first-order valence-electron chi connectivity index (χ1n) is 6.19. The highest BCUT2D eigenvalue weighted by Crippen LogP contribution is 2.22. The van der Waals surface area contributed by atoms with Crippen molar-refractivity contribution in [1.29, 1.82) is 5.41 Å². The van der Waals surface area contributed by atoms with Gasteiger partial charge in [-0.3, -0.25) is 9.59 Å². The highest BCUT2D eigenvalue weighted by Gasteiger charge is 2.29. The van der Waals surface area contributed by atoms with Gasteiger partial charge < -0.3 is 11.1 Å². The molecule has 0 aliphatic carbocycles. The molecular formula is C15H22N2O2. The third-order valence-corrected chi connectivity index (χ3v) is 2.85. The molecule has 1 atom stereocenters. The first kappa shape index (κ1) is 17.0. The van der Waals surface area contributed by atoms with Gasteiger partial charge in [-0.15, -0.1) is 0 Å². The molecule has 4 heteroatoms. The van der Waals surface area contributed by atoms with Crippen molar-refractivity contribution in [1.82, 2.24) is 0 Å². The minimum Gasteiger partial charge on any atom is -0.369 e. The van der Waals surface area contributed by atoms with Crippen LogP contribution < -0.4 is 5.73 Å². The number of hydrogen-bond donors (Lipinski definition) is 2. The molecule has 0 aromatic carbocycles. The smallest absolute Gasteiger partial charge is 0.234 e. The summed E-state index contributed by atoms with van der Waals surface area (Å²) in [6, 6.07) is 0. The molecule has 0 aromatic rings. The van der Waals surface area contributed by atoms with E-state index < -0.39 is 17.6 Å². The summed E-state index contributed by atoms with van der Waals surface area (Å²) in [7, 11) is 0. The number of nitrogens with two attached hydrogens (primary N) is 1. The van der Waals surface area contributed by atoms with Crippen LogP contribution in [0.1, 0.15) is 34.1 Å². The molecule has 0 saturated carbocycles. The largest absolute Gasteiger partial charge is 0.369 e. The molecular weight excluding hydrogens is 240 g/mol. The van der Waals surface area contributed by atoms with Crippen LogP contribution in [0.5, 0.6) is 0 Å². The molecule has 0 spiro atoms. The van der Waals surface area contributed by atoms with Crippen LogP contribution in [0.4, 0.5) is 0 Å². The average molecular weight is 262 g/mol. The summed E-state index contributed by atoms with van der Waals surface area (Å²) in [5, 5.41) is 7.52. The lowest BCUT2D eigenvalue weighted by Gasteiger charge is -2.15. The van der Waals surface area contributed by atoms with E-state index >= 15 is 0 Å². The Bertz CT molecular complexity index is 457. The first-order valence-corrected chi connectivity index (χ1v) is 6.19. The third kappa shape index (κ3) is 4.32. The molecule has 1 unspecified atom stereocenters. The number of nitrogens with one attached hydrogen (secondary N) is 1. The molecule has 0 heterocycles. The normalized spacial score (nSPS) is 13.9. The minimum atomic E-state index is -1.21. The highest BCUT2D eigenvalue weighted by atomic mass is 16.2. The van der Waals surface area contributed by atoms with Crippen LogP contribution in [-0.4, -0.2) is 17.4 Å². The second kappa shape index (κ2) is 7.46. The monoisotopic (exact) mass is 262 g/mol. The van der Waals surface area contributed by atoms with E-state index in [0.29, 0.717) is 11.1 Å². The molecule has 0 aromatic heterocycles. The van der Waals surface area contributed by atoms with Crippen LogP contribution >= 0.6 is 0 Å². The topological polar surface area (TPSA) is 84.0 Å². The summed E-state index contributed by atoms with van der Waals surface area (Å²) in [6.45, 7) is 10.8. The Balaban J connectivity index is 5.46. The predicted octanol–water partition coefficient (Wildman–Crippen LogP) is 2.56. The Morgan fingerprint density at radius 1 is 1.37 bits per heavy atom. The van der Waals surface area contributed by atoms with Gasteiger partial charge in [0.2, 0.25) is 5.91 Å². The quantitative estimate of drug-likeness (QED) is 0.320. The first-order chi connectivity index (χ1) is 8.77. The maximum Gasteiger partial charge on any atom is 0.234 e. The van der Waals surface area contributed by atoms with E-state index in [1.165, 1.54) is 6.92 Å². The summed E-state index contributed by atoms with van der Waals surface area (Å²) in [5.74, 6) is -2.48. The van der Waals surface area contributed by atoms with Gasteiger partial charge in [-0.2, -0.15) is 0 Å². The van der Waals surface area contributed by atoms with Crippen LogP contribution in [0, 0.1) is 11.3 Å². The van der Waals surface area contributed by atoms with E-state index in [9.17, 15) is 9.59 Å². The SMILES string of the molecule is C=C(C(C)=CCC)/C(=C\C)C(=O)C(C(C)=N)C(N)=O. The maximum absolute atomic E-state index is 12.3. The predicted molar refractivity (Wildman–Crippen MR) is 78.0 cm³/mol. The molecule has 0 bridgehead atoms. The molecule has 3 N–H and O–H groups in total. The number of carbonyl (C=O) groups is 2. The standard InChI is InChI=1S/C15H22N2O2/c1-6-8-9(3)10(4)12(7-2)14(18)13(11(5)16)15(17)19/h7-8,13,16H,4,6H2,1-3,5H3,(H2,17,19)/b9-8?,12-7+,16-11?. The fourth-order valence-electron chi connectivity index (χ4n) is 1.80. The summed E-state index contributed by atoms with van der Waals surface area (Å²) >= 11 is 0. The van der Waals surface area contributed by atoms with E-state index in [1.54, 1.807) is 13.0 Å². The molecule has 0 aliphatic rings. The van der Waals surface area contributed by atoms with Gasteiger partial charge in [0.05, 0.1) is 0 Å². The third-order valence-electron chi connectivity index (χ3n) is 2.85. The van der Waals surface area contributed by atoms with Crippen molar-refractivity contribution >= 4 is 17.4 Å². The summed E-state index contributed by atoms with van der Waals surface area (Å²) in [4.78, 5) is 23.6. The number of amides is 1. The summed E-state index contributed by atoms with van der Waals surface area (Å²) < 4.78 is 0. The zero-order valence-electron chi connectivity index (χ0n) is 12.0. The maximum atomic E-state index is 12.3. The number of allylic oxidation sites excluding steroid dienone is 5. The van der Waals surface area contributed by atoms with Gasteiger partial charge in [-0.25, -0.2) is 0 Å². The second-order valence-electron chi connectivity index (χ2n) is 4.36. The molecule has 4 nitrogen and oxygen atoms in total. The van der Waals surface area contributed by atoms with Crippen molar-refractivity contribution in [2.24, 2.45) is 11.7 Å². The van der Waals surface area contributed by atoms with E-state index in [1.807, 2.05) is 19.9 Å². The highest BCUT2D eigenvalue weighted by molar-refractivity contribution is 6.24. The fourth-order valence-corrected chi connectivity index (χ4v) is 1.80. The Kier molecular flexibility index (Phi) is 6.69. The zero-order valence-corrected chi connectivity index (χ0v) is 12.0. The van der Waals surface area contributed by atoms with Crippen LogP contribution in [0.15, 0.2) is 35.5 Å². The van der Waals surface area contributed by atoms with Crippen LogP contribution in [0.2, 0.25) is 0 Å². The fraction of sp³-hybridized carbons (Fsp3) is 0.400. The molecule has 0 aliphatic heterocycles. The minimum absolute atomic E-state index is 0.0539. The van der Waals surface area contributed by atoms with Gasteiger partial charge in [0.25, 0.3) is 0 Å². The number of carbonyl (C=O) groups excluding carboxylic acids is 2. The lowest BCUT2D eigenvalue weighted by atomic mass is 9.87. The Morgan fingerprint density at radius 2 is 1.89 bits per heavy atom. The van der Waals surface area contributed by atoms with Crippen molar-refractivity contribution in [3.63, 3.8) is 0 Å². The Labute approximate surface area is 114 Å². The number of ketones is 1. The number of hydrogen-bond acceptors (Lipinski definition) is 3. The molecule has 19 heavy (non-hydrogen) atoms. The Hall–Kier alpha value is -1.97. The molecule has 1 amide bonds. The number of primary amides is 1. The van der Waals surface area contributed by atoms with Gasteiger partial charge in [-0.05, 0) is 38.3 Å². The number of rotatable bonds is 7. The second-order valence-corrected chi connectivity index (χ2v) is 4.36. The van der Waals surface area contributed by atoms with E-state index in [-0.39, 0.29) is 5.71 Å². The molecule has 104 valence electrons. The van der Waals surface area contributed by atoms with Gasteiger partial charge in [0.1, 0.15) is 5.92 Å². The summed E-state index contributed by atoms with van der Waals surface area (Å²) in [6.07, 6.45) is 4.39. The zero-order chi connectivity index (χ0) is 15.2. The van der Waals surface area contributed by atoms with Crippen LogP contribution in [0.3, 0.4) is 0 Å². The van der Waals surface area contributed by atoms with E-state index in [0.717, 1.165) is 12.0 Å². The lowest BCUT2D eigenvalue weighted by Crippen LogP contribution is -2.36. The number of Topliss-reactive ketones (excluding diaryl/α,β-unsaturated/α-hetero) is 1. The van der Waals surface area contributed by atoms with Gasteiger partial charge in [0, 0.05) is 11.3 Å². The molecule has 0 fully saturated rings. The van der Waals surface area contributed by atoms with Crippen molar-refractivity contribution in [3.05, 3.63) is 35.5 Å². The Morgan fingerprint density at radius 3 is 2.21 bits per heavy atom. The average Bonchev–Trinajstić information content (AvgIpc) is 2.28. The van der Waals surface area contributed by atoms with Gasteiger partial charge >= 0.3 is 0 Å². The molecule has 0 saturated heterocycles. The molecule has 0 rings (SSSR count). The van der Waals surface area contributed by atoms with Crippen molar-refractivity contribution in [2.75, 3.05) is 0 Å².